The third kappa shape index (κ3) is 6.98. The molecule has 43 heavy (non-hydrogen) atoms. The SMILES string of the molecule is N#Cc1ccc(Cn2cncc2CN(C(=O)c2ccccc2)c2ccc(N3CCN(Cc4ccc(Cl)s4)CC3)cc2)cc1. The van der Waals surface area contributed by atoms with Gasteiger partial charge in [-0.1, -0.05) is 41.9 Å². The molecular weight excluding hydrogens is 576 g/mol. The van der Waals surface area contributed by atoms with E-state index in [-0.39, 0.29) is 5.91 Å². The number of anilines is 2. The van der Waals surface area contributed by atoms with Gasteiger partial charge in [-0.3, -0.25) is 9.69 Å². The molecule has 0 spiro atoms. The summed E-state index contributed by atoms with van der Waals surface area (Å²) >= 11 is 7.76. The van der Waals surface area contributed by atoms with Crippen molar-refractivity contribution in [3.8, 4) is 6.07 Å². The predicted molar refractivity (Wildman–Crippen MR) is 173 cm³/mol. The molecule has 0 bridgehead atoms. The van der Waals surface area contributed by atoms with Crippen molar-refractivity contribution in [2.24, 2.45) is 0 Å². The molecule has 1 aliphatic heterocycles. The van der Waals surface area contributed by atoms with E-state index in [1.807, 2.05) is 88.5 Å². The first-order valence-electron chi connectivity index (χ1n) is 14.2. The Morgan fingerprint density at radius 3 is 2.33 bits per heavy atom. The number of amides is 1. The van der Waals surface area contributed by atoms with E-state index in [0.717, 1.165) is 59.7 Å². The molecule has 0 unspecified atom stereocenters. The molecule has 1 fully saturated rings. The van der Waals surface area contributed by atoms with Gasteiger partial charge in [0.1, 0.15) is 0 Å². The number of carbonyl (C=O) groups is 1. The zero-order valence-corrected chi connectivity index (χ0v) is 25.2. The van der Waals surface area contributed by atoms with Crippen molar-refractivity contribution in [2.45, 2.75) is 19.6 Å². The Morgan fingerprint density at radius 2 is 1.65 bits per heavy atom. The van der Waals surface area contributed by atoms with E-state index in [1.165, 1.54) is 4.88 Å². The summed E-state index contributed by atoms with van der Waals surface area (Å²) in [6.07, 6.45) is 3.60. The molecule has 0 N–H and O–H groups in total. The Kier molecular flexibility index (Phi) is 8.85. The molecule has 1 saturated heterocycles. The van der Waals surface area contributed by atoms with Crippen molar-refractivity contribution in [1.82, 2.24) is 14.5 Å². The van der Waals surface area contributed by atoms with Crippen LogP contribution in [-0.4, -0.2) is 46.5 Å². The highest BCUT2D eigenvalue weighted by atomic mass is 35.5. The molecule has 0 atom stereocenters. The van der Waals surface area contributed by atoms with E-state index < -0.39 is 0 Å². The van der Waals surface area contributed by atoms with Gasteiger partial charge in [0, 0.05) is 67.3 Å². The van der Waals surface area contributed by atoms with E-state index in [4.69, 9.17) is 16.9 Å². The predicted octanol–water partition coefficient (Wildman–Crippen LogP) is 6.69. The first kappa shape index (κ1) is 28.7. The number of imidazole rings is 1. The number of rotatable bonds is 9. The Hall–Kier alpha value is -4.42. The quantitative estimate of drug-likeness (QED) is 0.187. The van der Waals surface area contributed by atoms with Gasteiger partial charge < -0.3 is 14.4 Å². The van der Waals surface area contributed by atoms with Gasteiger partial charge >= 0.3 is 0 Å². The first-order valence-corrected chi connectivity index (χ1v) is 15.4. The molecule has 3 heterocycles. The zero-order chi connectivity index (χ0) is 29.6. The minimum Gasteiger partial charge on any atom is -0.369 e. The van der Waals surface area contributed by atoms with E-state index in [2.05, 4.69) is 39.1 Å². The average Bonchev–Trinajstić information content (AvgIpc) is 3.68. The van der Waals surface area contributed by atoms with Crippen molar-refractivity contribution < 1.29 is 4.79 Å². The van der Waals surface area contributed by atoms with Crippen LogP contribution < -0.4 is 9.80 Å². The van der Waals surface area contributed by atoms with Gasteiger partial charge in [0.25, 0.3) is 5.91 Å². The van der Waals surface area contributed by atoms with E-state index in [0.29, 0.717) is 24.2 Å². The summed E-state index contributed by atoms with van der Waals surface area (Å²) in [5, 5.41) is 9.12. The molecule has 2 aromatic heterocycles. The number of benzene rings is 3. The number of carbonyl (C=O) groups excluding carboxylic acids is 1. The second-order valence-corrected chi connectivity index (χ2v) is 12.4. The molecule has 1 aliphatic rings. The number of hydrogen-bond donors (Lipinski definition) is 0. The lowest BCUT2D eigenvalue weighted by Gasteiger charge is -2.36. The normalized spacial score (nSPS) is 13.5. The Bertz CT molecular complexity index is 1700. The minimum atomic E-state index is -0.0678. The van der Waals surface area contributed by atoms with Crippen LogP contribution in [-0.2, 0) is 19.6 Å². The van der Waals surface area contributed by atoms with Gasteiger partial charge in [0.2, 0.25) is 0 Å². The van der Waals surface area contributed by atoms with Gasteiger partial charge in [-0.05, 0) is 66.2 Å². The van der Waals surface area contributed by atoms with Crippen molar-refractivity contribution in [3.05, 3.63) is 135 Å². The smallest absolute Gasteiger partial charge is 0.258 e. The Labute approximate surface area is 260 Å². The van der Waals surface area contributed by atoms with E-state index in [9.17, 15) is 4.79 Å². The van der Waals surface area contributed by atoms with Crippen LogP contribution in [0.1, 0.15) is 32.1 Å². The second kappa shape index (κ2) is 13.3. The molecule has 5 aromatic rings. The third-order valence-corrected chi connectivity index (χ3v) is 8.94. The maximum Gasteiger partial charge on any atom is 0.258 e. The highest BCUT2D eigenvalue weighted by Gasteiger charge is 2.22. The van der Waals surface area contributed by atoms with Crippen LogP contribution in [0, 0.1) is 11.3 Å². The van der Waals surface area contributed by atoms with Crippen LogP contribution in [0.5, 0.6) is 0 Å². The van der Waals surface area contributed by atoms with Crippen LogP contribution in [0.4, 0.5) is 11.4 Å². The van der Waals surface area contributed by atoms with Gasteiger partial charge in [0.15, 0.2) is 0 Å². The number of halogens is 1. The fourth-order valence-corrected chi connectivity index (χ4v) is 6.48. The van der Waals surface area contributed by atoms with Crippen molar-refractivity contribution in [2.75, 3.05) is 36.0 Å². The lowest BCUT2D eigenvalue weighted by Crippen LogP contribution is -2.45. The van der Waals surface area contributed by atoms with Crippen LogP contribution in [0.3, 0.4) is 0 Å². The number of thiophene rings is 1. The largest absolute Gasteiger partial charge is 0.369 e. The number of nitriles is 1. The summed E-state index contributed by atoms with van der Waals surface area (Å²) < 4.78 is 2.88. The Balaban J connectivity index is 1.18. The maximum absolute atomic E-state index is 13.8. The van der Waals surface area contributed by atoms with Gasteiger partial charge in [-0.15, -0.1) is 11.3 Å². The van der Waals surface area contributed by atoms with Gasteiger partial charge in [-0.2, -0.15) is 5.26 Å². The molecule has 216 valence electrons. The molecule has 0 saturated carbocycles. The molecule has 9 heteroatoms. The summed E-state index contributed by atoms with van der Waals surface area (Å²) in [6, 6.07) is 31.5. The molecular formula is C34H31ClN6OS. The molecule has 1 amide bonds. The molecule has 6 rings (SSSR count). The monoisotopic (exact) mass is 606 g/mol. The van der Waals surface area contributed by atoms with Gasteiger partial charge in [-0.25, -0.2) is 4.98 Å². The van der Waals surface area contributed by atoms with Gasteiger partial charge in [0.05, 0.1) is 34.5 Å². The number of nitrogens with zero attached hydrogens (tertiary/aromatic N) is 6. The summed E-state index contributed by atoms with van der Waals surface area (Å²) in [7, 11) is 0. The van der Waals surface area contributed by atoms with Crippen LogP contribution >= 0.6 is 22.9 Å². The van der Waals surface area contributed by atoms with E-state index >= 15 is 0 Å². The Morgan fingerprint density at radius 1 is 0.907 bits per heavy atom. The van der Waals surface area contributed by atoms with Crippen molar-refractivity contribution in [1.29, 1.82) is 5.26 Å². The fourth-order valence-electron chi connectivity index (χ4n) is 5.35. The van der Waals surface area contributed by atoms with Crippen LogP contribution in [0.2, 0.25) is 4.34 Å². The standard InChI is InChI=1S/C34H31ClN6OS/c35-33-15-14-32(43-33)24-38-16-18-39(19-17-38)29-10-12-30(13-11-29)41(34(42)28-4-2-1-3-5-28)23-31-21-37-25-40(31)22-27-8-6-26(20-36)7-9-27/h1-15,21,25H,16-19,22-24H2. The topological polar surface area (TPSA) is 68.4 Å². The number of hydrogen-bond acceptors (Lipinski definition) is 6. The molecule has 0 aliphatic carbocycles. The summed E-state index contributed by atoms with van der Waals surface area (Å²) in [6.45, 7) is 5.76. The average molecular weight is 607 g/mol. The van der Waals surface area contributed by atoms with Crippen LogP contribution in [0.15, 0.2) is 104 Å². The van der Waals surface area contributed by atoms with Crippen molar-refractivity contribution >= 4 is 40.2 Å². The number of piperazine rings is 1. The first-order chi connectivity index (χ1) is 21.1. The summed E-state index contributed by atoms with van der Waals surface area (Å²) in [5.41, 5.74) is 5.22. The van der Waals surface area contributed by atoms with Crippen molar-refractivity contribution in [3.63, 3.8) is 0 Å². The molecule has 3 aromatic carbocycles. The minimum absolute atomic E-state index is 0.0678. The van der Waals surface area contributed by atoms with Crippen LogP contribution in [0.25, 0.3) is 0 Å². The lowest BCUT2D eigenvalue weighted by molar-refractivity contribution is 0.0984. The highest BCUT2D eigenvalue weighted by Crippen LogP contribution is 2.27. The number of aromatic nitrogens is 2. The summed E-state index contributed by atoms with van der Waals surface area (Å²) in [5.74, 6) is -0.0678. The molecule has 0 radical (unpaired) electrons. The highest BCUT2D eigenvalue weighted by molar-refractivity contribution is 7.16. The maximum atomic E-state index is 13.8. The third-order valence-electron chi connectivity index (χ3n) is 7.73. The molecule has 7 nitrogen and oxygen atoms in total. The second-order valence-electron chi connectivity index (χ2n) is 10.6. The summed E-state index contributed by atoms with van der Waals surface area (Å²) in [4.78, 5) is 26.2. The fraction of sp³-hybridized carbons (Fsp3) is 0.206. The zero-order valence-electron chi connectivity index (χ0n) is 23.6. The van der Waals surface area contributed by atoms with E-state index in [1.54, 1.807) is 17.7 Å². The lowest BCUT2D eigenvalue weighted by atomic mass is 10.1.